The lowest BCUT2D eigenvalue weighted by Crippen LogP contribution is -1.93. The minimum absolute atomic E-state index is 1.25. The van der Waals surface area contributed by atoms with Crippen LogP contribution in [0.15, 0.2) is 47.6 Å². The van der Waals surface area contributed by atoms with E-state index in [4.69, 9.17) is 0 Å². The molecule has 0 aromatic rings. The fraction of sp³-hybridized carbons (Fsp3) is 0.692. The quantitative estimate of drug-likeness (QED) is 0.440. The minimum atomic E-state index is 1.25. The van der Waals surface area contributed by atoms with E-state index >= 15 is 0 Å². The Bertz CT molecular complexity index is 416. The molecule has 26 heavy (non-hydrogen) atoms. The molecule has 2 aliphatic carbocycles. The molecule has 0 saturated heterocycles. The summed E-state index contributed by atoms with van der Waals surface area (Å²) in [6.45, 7) is 0. The summed E-state index contributed by atoms with van der Waals surface area (Å²) < 4.78 is 0. The van der Waals surface area contributed by atoms with Gasteiger partial charge < -0.3 is 0 Å². The van der Waals surface area contributed by atoms with Crippen molar-refractivity contribution in [2.45, 2.75) is 116 Å². The van der Waals surface area contributed by atoms with E-state index in [-0.39, 0.29) is 0 Å². The number of allylic oxidation sites excluding steroid dienone is 8. The summed E-state index contributed by atoms with van der Waals surface area (Å²) in [6.07, 6.45) is 39.1. The van der Waals surface area contributed by atoms with Gasteiger partial charge in [0.2, 0.25) is 0 Å². The Morgan fingerprint density at radius 2 is 0.731 bits per heavy atom. The Morgan fingerprint density at radius 3 is 1.15 bits per heavy atom. The molecule has 0 unspecified atom stereocenters. The number of hydrogen-bond acceptors (Lipinski definition) is 0. The van der Waals surface area contributed by atoms with E-state index in [2.05, 4.69) is 36.5 Å². The third kappa shape index (κ3) is 10.2. The standard InChI is InChI=1S/C26H42/c1-2-6-10-14-18-22-25(21-17-13-9-5-1)26-23-19-15-11-7-3-4-8-12-16-20-24-26/h13,15,17,19,21,23H,1-12,14,16,18,20,22,24H2/b17-13-,19-15-,25-21+,26-23+. The molecule has 0 heteroatoms. The van der Waals surface area contributed by atoms with Crippen molar-refractivity contribution in [2.24, 2.45) is 0 Å². The Morgan fingerprint density at radius 1 is 0.385 bits per heavy atom. The van der Waals surface area contributed by atoms with Crippen molar-refractivity contribution in [2.75, 3.05) is 0 Å². The molecule has 0 aromatic heterocycles. The lowest BCUT2D eigenvalue weighted by molar-refractivity contribution is 0.576. The molecule has 0 nitrogen and oxygen atoms in total. The van der Waals surface area contributed by atoms with Crippen molar-refractivity contribution in [1.29, 1.82) is 0 Å². The second-order valence-corrected chi connectivity index (χ2v) is 8.27. The highest BCUT2D eigenvalue weighted by molar-refractivity contribution is 5.36. The summed E-state index contributed by atoms with van der Waals surface area (Å²) in [5.41, 5.74) is 3.22. The summed E-state index contributed by atoms with van der Waals surface area (Å²) >= 11 is 0. The second-order valence-electron chi connectivity index (χ2n) is 8.27. The zero-order valence-corrected chi connectivity index (χ0v) is 17.2. The number of rotatable bonds is 1. The minimum Gasteiger partial charge on any atom is -0.0845 e. The first kappa shape index (κ1) is 21.3. The maximum atomic E-state index is 2.44. The first-order chi connectivity index (χ1) is 13.0. The van der Waals surface area contributed by atoms with E-state index in [9.17, 15) is 0 Å². The molecule has 0 atom stereocenters. The maximum absolute atomic E-state index is 2.44. The third-order valence-electron chi connectivity index (χ3n) is 5.91. The molecule has 0 spiro atoms. The summed E-state index contributed by atoms with van der Waals surface area (Å²) in [4.78, 5) is 0. The van der Waals surface area contributed by atoms with Gasteiger partial charge in [-0.25, -0.2) is 0 Å². The number of hydrogen-bond donors (Lipinski definition) is 0. The van der Waals surface area contributed by atoms with E-state index in [0.717, 1.165) is 0 Å². The topological polar surface area (TPSA) is 0 Å². The van der Waals surface area contributed by atoms with Crippen LogP contribution in [0.3, 0.4) is 0 Å². The summed E-state index contributed by atoms with van der Waals surface area (Å²) in [6, 6.07) is 0. The highest BCUT2D eigenvalue weighted by Gasteiger charge is 2.06. The van der Waals surface area contributed by atoms with Crippen LogP contribution in [-0.2, 0) is 0 Å². The van der Waals surface area contributed by atoms with Crippen LogP contribution in [0.25, 0.3) is 0 Å². The van der Waals surface area contributed by atoms with Crippen molar-refractivity contribution >= 4 is 0 Å². The SMILES string of the molecule is C1=C/CCCCCCCCCC(/C2=C/C=C\CCCCCCCCC2)=C\1. The van der Waals surface area contributed by atoms with Crippen LogP contribution in [0.4, 0.5) is 0 Å². The normalized spacial score (nSPS) is 29.5. The van der Waals surface area contributed by atoms with Gasteiger partial charge in [0.15, 0.2) is 0 Å². The molecule has 2 rings (SSSR count). The van der Waals surface area contributed by atoms with Crippen LogP contribution in [0.1, 0.15) is 116 Å². The van der Waals surface area contributed by atoms with Crippen molar-refractivity contribution < 1.29 is 0 Å². The first-order valence-corrected chi connectivity index (χ1v) is 11.7. The van der Waals surface area contributed by atoms with E-state index in [0.29, 0.717) is 0 Å². The fourth-order valence-corrected chi connectivity index (χ4v) is 4.19. The van der Waals surface area contributed by atoms with Crippen LogP contribution in [-0.4, -0.2) is 0 Å². The monoisotopic (exact) mass is 354 g/mol. The Kier molecular flexibility index (Phi) is 12.3. The molecule has 146 valence electrons. The second kappa shape index (κ2) is 15.1. The average Bonchev–Trinajstić information content (AvgIpc) is 2.70. The van der Waals surface area contributed by atoms with Gasteiger partial charge in [0.1, 0.15) is 0 Å². The zero-order chi connectivity index (χ0) is 18.1. The summed E-state index contributed by atoms with van der Waals surface area (Å²) in [7, 11) is 0. The van der Waals surface area contributed by atoms with Crippen LogP contribution in [0.2, 0.25) is 0 Å². The highest BCUT2D eigenvalue weighted by atomic mass is 14.1. The molecular weight excluding hydrogens is 312 g/mol. The molecule has 0 heterocycles. The molecule has 0 radical (unpaired) electrons. The Balaban J connectivity index is 2.04. The molecule has 0 aromatic carbocycles. The lowest BCUT2D eigenvalue weighted by atomic mass is 9.93. The molecule has 2 aliphatic rings. The van der Waals surface area contributed by atoms with Crippen LogP contribution >= 0.6 is 0 Å². The van der Waals surface area contributed by atoms with Gasteiger partial charge in [-0.3, -0.25) is 0 Å². The Hall–Kier alpha value is -1.04. The van der Waals surface area contributed by atoms with E-state index in [1.165, 1.54) is 116 Å². The molecule has 0 aliphatic heterocycles. The van der Waals surface area contributed by atoms with Gasteiger partial charge in [-0.15, -0.1) is 0 Å². The van der Waals surface area contributed by atoms with E-state index in [1.54, 1.807) is 11.1 Å². The van der Waals surface area contributed by atoms with Gasteiger partial charge >= 0.3 is 0 Å². The summed E-state index contributed by atoms with van der Waals surface area (Å²) in [5, 5.41) is 0. The first-order valence-electron chi connectivity index (χ1n) is 11.7. The van der Waals surface area contributed by atoms with Gasteiger partial charge in [-0.05, 0) is 62.5 Å². The molecular formula is C26H42. The molecule has 0 fully saturated rings. The Labute approximate surface area is 163 Å². The van der Waals surface area contributed by atoms with Gasteiger partial charge in [-0.2, -0.15) is 0 Å². The molecule has 0 N–H and O–H groups in total. The third-order valence-corrected chi connectivity index (χ3v) is 5.91. The van der Waals surface area contributed by atoms with Crippen molar-refractivity contribution in [1.82, 2.24) is 0 Å². The van der Waals surface area contributed by atoms with Crippen LogP contribution in [0, 0.1) is 0 Å². The van der Waals surface area contributed by atoms with Crippen molar-refractivity contribution in [3.63, 3.8) is 0 Å². The zero-order valence-electron chi connectivity index (χ0n) is 17.2. The molecule has 0 saturated carbocycles. The van der Waals surface area contributed by atoms with Gasteiger partial charge in [0, 0.05) is 0 Å². The smallest absolute Gasteiger partial charge is 0.0276 e. The molecule has 0 bridgehead atoms. The van der Waals surface area contributed by atoms with Gasteiger partial charge in [0.25, 0.3) is 0 Å². The van der Waals surface area contributed by atoms with Crippen molar-refractivity contribution in [3.05, 3.63) is 47.6 Å². The van der Waals surface area contributed by atoms with Crippen LogP contribution < -0.4 is 0 Å². The van der Waals surface area contributed by atoms with Gasteiger partial charge in [0.05, 0.1) is 0 Å². The van der Waals surface area contributed by atoms with E-state index in [1.807, 2.05) is 0 Å². The van der Waals surface area contributed by atoms with E-state index < -0.39 is 0 Å². The summed E-state index contributed by atoms with van der Waals surface area (Å²) in [5.74, 6) is 0. The predicted molar refractivity (Wildman–Crippen MR) is 118 cm³/mol. The van der Waals surface area contributed by atoms with Crippen LogP contribution in [0.5, 0.6) is 0 Å². The fourth-order valence-electron chi connectivity index (χ4n) is 4.19. The highest BCUT2D eigenvalue weighted by Crippen LogP contribution is 2.25. The average molecular weight is 355 g/mol. The van der Waals surface area contributed by atoms with Gasteiger partial charge in [-0.1, -0.05) is 101 Å². The predicted octanol–water partition coefficient (Wildman–Crippen LogP) is 9.00. The maximum Gasteiger partial charge on any atom is -0.0276 e. The lowest BCUT2D eigenvalue weighted by Gasteiger charge is -2.12. The van der Waals surface area contributed by atoms with Crippen molar-refractivity contribution in [3.8, 4) is 0 Å². The largest absolute Gasteiger partial charge is 0.0845 e. The molecule has 0 amide bonds.